The van der Waals surface area contributed by atoms with Crippen molar-refractivity contribution in [3.63, 3.8) is 0 Å². The molecule has 0 aliphatic carbocycles. The Hall–Kier alpha value is -3.23. The van der Waals surface area contributed by atoms with Gasteiger partial charge in [0.05, 0.1) is 12.0 Å². The molecule has 28 heavy (non-hydrogen) atoms. The van der Waals surface area contributed by atoms with Crippen molar-refractivity contribution in [1.29, 1.82) is 0 Å². The Morgan fingerprint density at radius 3 is 2.57 bits per heavy atom. The first-order chi connectivity index (χ1) is 13.2. The first-order valence-corrected chi connectivity index (χ1v) is 8.17. The Balaban J connectivity index is 1.68. The maximum absolute atomic E-state index is 12.9. The lowest BCUT2D eigenvalue weighted by atomic mass is 10.1. The van der Waals surface area contributed by atoms with Crippen molar-refractivity contribution in [1.82, 2.24) is 10.1 Å². The minimum Gasteiger partial charge on any atom is -0.452 e. The molecule has 3 rings (SSSR count). The molecule has 0 aliphatic heterocycles. The number of carbonyl (C=O) groups excluding carboxylic acids is 1. The van der Waals surface area contributed by atoms with E-state index < -0.39 is 29.6 Å². The largest absolute Gasteiger partial charge is 0.452 e. The second-order valence-electron chi connectivity index (χ2n) is 5.97. The maximum Gasteiger partial charge on any atom is 0.416 e. The zero-order valence-corrected chi connectivity index (χ0v) is 14.5. The van der Waals surface area contributed by atoms with Gasteiger partial charge < -0.3 is 9.26 Å². The molecule has 1 atom stereocenters. The predicted octanol–water partition coefficient (Wildman–Crippen LogP) is 4.74. The van der Waals surface area contributed by atoms with E-state index in [0.29, 0.717) is 5.56 Å². The molecule has 1 heterocycles. The molecular weight excluding hydrogens is 380 g/mol. The van der Waals surface area contributed by atoms with Crippen molar-refractivity contribution >= 4 is 5.97 Å². The summed E-state index contributed by atoms with van der Waals surface area (Å²) >= 11 is 0. The van der Waals surface area contributed by atoms with E-state index in [-0.39, 0.29) is 23.7 Å². The Bertz CT molecular complexity index is 968. The van der Waals surface area contributed by atoms with Crippen LogP contribution < -0.4 is 0 Å². The summed E-state index contributed by atoms with van der Waals surface area (Å²) in [6.07, 6.45) is -5.48. The summed E-state index contributed by atoms with van der Waals surface area (Å²) in [5.41, 5.74) is -0.154. The zero-order chi connectivity index (χ0) is 20.3. The molecule has 0 bridgehead atoms. The van der Waals surface area contributed by atoms with Crippen molar-refractivity contribution in [3.05, 3.63) is 71.4 Å². The molecule has 1 unspecified atom stereocenters. The first kappa shape index (κ1) is 19.5. The maximum atomic E-state index is 12.9. The SMILES string of the molecule is CC(OC(=O)Cc1ccc(F)cc1)c1nc(-c2cccc(C(F)(F)F)c2)no1. The van der Waals surface area contributed by atoms with Crippen molar-refractivity contribution in [3.8, 4) is 11.4 Å². The summed E-state index contributed by atoms with van der Waals surface area (Å²) in [6.45, 7) is 1.49. The summed E-state index contributed by atoms with van der Waals surface area (Å²) in [4.78, 5) is 16.0. The third-order valence-corrected chi connectivity index (χ3v) is 3.81. The molecule has 0 saturated heterocycles. The summed E-state index contributed by atoms with van der Waals surface area (Å²) in [5.74, 6) is -1.13. The molecule has 3 aromatic rings. The molecule has 1 aromatic heterocycles. The quantitative estimate of drug-likeness (QED) is 0.462. The van der Waals surface area contributed by atoms with Gasteiger partial charge in [-0.1, -0.05) is 29.4 Å². The minimum absolute atomic E-state index is 0.0532. The number of nitrogens with zero attached hydrogens (tertiary/aromatic N) is 2. The fraction of sp³-hybridized carbons (Fsp3) is 0.211. The number of hydrogen-bond acceptors (Lipinski definition) is 5. The van der Waals surface area contributed by atoms with Gasteiger partial charge in [-0.15, -0.1) is 0 Å². The smallest absolute Gasteiger partial charge is 0.416 e. The van der Waals surface area contributed by atoms with E-state index in [4.69, 9.17) is 9.26 Å². The first-order valence-electron chi connectivity index (χ1n) is 8.17. The van der Waals surface area contributed by atoms with E-state index in [1.54, 1.807) is 0 Å². The fourth-order valence-electron chi connectivity index (χ4n) is 2.41. The normalized spacial score (nSPS) is 12.6. The van der Waals surface area contributed by atoms with Gasteiger partial charge in [0.25, 0.3) is 5.89 Å². The summed E-state index contributed by atoms with van der Waals surface area (Å²) in [6, 6.07) is 9.86. The molecule has 146 valence electrons. The fourth-order valence-corrected chi connectivity index (χ4v) is 2.41. The topological polar surface area (TPSA) is 65.2 Å². The van der Waals surface area contributed by atoms with Gasteiger partial charge in [0.15, 0.2) is 6.10 Å². The lowest BCUT2D eigenvalue weighted by Gasteiger charge is -2.09. The van der Waals surface area contributed by atoms with Crippen LogP contribution in [0.2, 0.25) is 0 Å². The van der Waals surface area contributed by atoms with E-state index >= 15 is 0 Å². The standard InChI is InChI=1S/C19H14F4N2O3/c1-11(27-16(26)9-12-5-7-15(20)8-6-12)18-24-17(25-28-18)13-3-2-4-14(10-13)19(21,22)23/h2-8,10-11H,9H2,1H3. The Morgan fingerprint density at radius 1 is 1.18 bits per heavy atom. The second-order valence-corrected chi connectivity index (χ2v) is 5.97. The van der Waals surface area contributed by atoms with Crippen molar-refractivity contribution in [2.75, 3.05) is 0 Å². The molecule has 0 spiro atoms. The number of hydrogen-bond donors (Lipinski definition) is 0. The Kier molecular flexibility index (Phi) is 5.43. The van der Waals surface area contributed by atoms with Crippen LogP contribution in [0, 0.1) is 5.82 Å². The van der Waals surface area contributed by atoms with Gasteiger partial charge in [0.2, 0.25) is 5.82 Å². The van der Waals surface area contributed by atoms with E-state index in [2.05, 4.69) is 10.1 Å². The van der Waals surface area contributed by atoms with Crippen LogP contribution in [-0.4, -0.2) is 16.1 Å². The molecule has 0 radical (unpaired) electrons. The van der Waals surface area contributed by atoms with E-state index in [0.717, 1.165) is 12.1 Å². The van der Waals surface area contributed by atoms with Crippen LogP contribution in [0.25, 0.3) is 11.4 Å². The van der Waals surface area contributed by atoms with Crippen LogP contribution in [0.1, 0.15) is 30.0 Å². The lowest BCUT2D eigenvalue weighted by Crippen LogP contribution is -2.11. The number of halogens is 4. The molecule has 0 saturated carbocycles. The monoisotopic (exact) mass is 394 g/mol. The number of esters is 1. The van der Waals surface area contributed by atoms with Crippen LogP contribution in [0.15, 0.2) is 53.1 Å². The molecule has 0 N–H and O–H groups in total. The number of carbonyl (C=O) groups is 1. The van der Waals surface area contributed by atoms with E-state index in [1.165, 1.54) is 43.3 Å². The zero-order valence-electron chi connectivity index (χ0n) is 14.5. The van der Waals surface area contributed by atoms with Gasteiger partial charge in [0, 0.05) is 5.56 Å². The molecular formula is C19H14F4N2O3. The van der Waals surface area contributed by atoms with Crippen molar-refractivity contribution < 1.29 is 31.6 Å². The van der Waals surface area contributed by atoms with Gasteiger partial charge in [0.1, 0.15) is 5.82 Å². The summed E-state index contributed by atoms with van der Waals surface area (Å²) < 4.78 is 61.5. The molecule has 0 fully saturated rings. The molecule has 2 aromatic carbocycles. The minimum atomic E-state index is -4.49. The highest BCUT2D eigenvalue weighted by Gasteiger charge is 2.31. The second kappa shape index (κ2) is 7.79. The van der Waals surface area contributed by atoms with Gasteiger partial charge in [-0.2, -0.15) is 18.2 Å². The van der Waals surface area contributed by atoms with Crippen LogP contribution in [-0.2, 0) is 22.1 Å². The van der Waals surface area contributed by atoms with Crippen LogP contribution in [0.5, 0.6) is 0 Å². The molecule has 9 heteroatoms. The Labute approximate surface area is 156 Å². The van der Waals surface area contributed by atoms with Gasteiger partial charge in [-0.3, -0.25) is 4.79 Å². The molecule has 0 aliphatic rings. The predicted molar refractivity (Wildman–Crippen MR) is 89.3 cm³/mol. The van der Waals surface area contributed by atoms with E-state index in [9.17, 15) is 22.4 Å². The number of alkyl halides is 3. The highest BCUT2D eigenvalue weighted by atomic mass is 19.4. The summed E-state index contributed by atoms with van der Waals surface area (Å²) in [7, 11) is 0. The third-order valence-electron chi connectivity index (χ3n) is 3.81. The van der Waals surface area contributed by atoms with Crippen molar-refractivity contribution in [2.45, 2.75) is 25.6 Å². The van der Waals surface area contributed by atoms with Gasteiger partial charge in [-0.25, -0.2) is 4.39 Å². The highest BCUT2D eigenvalue weighted by molar-refractivity contribution is 5.72. The number of rotatable bonds is 5. The van der Waals surface area contributed by atoms with Crippen LogP contribution >= 0.6 is 0 Å². The van der Waals surface area contributed by atoms with Gasteiger partial charge in [-0.05, 0) is 36.8 Å². The average Bonchev–Trinajstić information content (AvgIpc) is 3.13. The molecule has 5 nitrogen and oxygen atoms in total. The highest BCUT2D eigenvalue weighted by Crippen LogP contribution is 2.31. The molecule has 0 amide bonds. The van der Waals surface area contributed by atoms with Crippen LogP contribution in [0.4, 0.5) is 17.6 Å². The number of benzene rings is 2. The number of aromatic nitrogens is 2. The average molecular weight is 394 g/mol. The summed E-state index contributed by atoms with van der Waals surface area (Å²) in [5, 5.41) is 3.65. The Morgan fingerprint density at radius 2 is 1.89 bits per heavy atom. The lowest BCUT2D eigenvalue weighted by molar-refractivity contribution is -0.149. The van der Waals surface area contributed by atoms with E-state index in [1.807, 2.05) is 0 Å². The van der Waals surface area contributed by atoms with Gasteiger partial charge >= 0.3 is 12.1 Å². The number of ether oxygens (including phenoxy) is 1. The van der Waals surface area contributed by atoms with Crippen LogP contribution in [0.3, 0.4) is 0 Å². The van der Waals surface area contributed by atoms with Crippen molar-refractivity contribution in [2.24, 2.45) is 0 Å². The third kappa shape index (κ3) is 4.73.